The molecule has 0 atom stereocenters. The lowest BCUT2D eigenvalue weighted by Crippen LogP contribution is -2.14. The highest BCUT2D eigenvalue weighted by molar-refractivity contribution is 5.78. The SMILES string of the molecule is C=CN1C=C(c2c(F)ccc(N)c2F)C=C/C1=C(\C)CCC. The second-order valence-corrected chi connectivity index (χ2v) is 5.25. The maximum Gasteiger partial charge on any atom is 0.156 e. The summed E-state index contributed by atoms with van der Waals surface area (Å²) >= 11 is 0. The van der Waals surface area contributed by atoms with Gasteiger partial charge in [0.05, 0.1) is 11.3 Å². The van der Waals surface area contributed by atoms with Crippen molar-refractivity contribution < 1.29 is 8.78 Å². The monoisotopic (exact) mass is 302 g/mol. The lowest BCUT2D eigenvalue weighted by atomic mass is 9.99. The van der Waals surface area contributed by atoms with E-state index in [1.54, 1.807) is 23.4 Å². The zero-order chi connectivity index (χ0) is 16.3. The van der Waals surface area contributed by atoms with E-state index in [0.717, 1.165) is 18.5 Å². The Morgan fingerprint density at radius 1 is 1.32 bits per heavy atom. The zero-order valence-electron chi connectivity index (χ0n) is 12.9. The molecule has 1 heterocycles. The predicted molar refractivity (Wildman–Crippen MR) is 87.5 cm³/mol. The third-order valence-corrected chi connectivity index (χ3v) is 3.65. The number of anilines is 1. The molecule has 2 rings (SSSR count). The first-order valence-electron chi connectivity index (χ1n) is 7.24. The van der Waals surface area contributed by atoms with Gasteiger partial charge in [-0.1, -0.05) is 26.0 Å². The van der Waals surface area contributed by atoms with Gasteiger partial charge >= 0.3 is 0 Å². The number of hydrogen-bond acceptors (Lipinski definition) is 2. The topological polar surface area (TPSA) is 29.3 Å². The summed E-state index contributed by atoms with van der Waals surface area (Å²) in [5.74, 6) is -1.37. The van der Waals surface area contributed by atoms with Gasteiger partial charge in [-0.15, -0.1) is 0 Å². The Bertz CT molecular complexity index is 685. The van der Waals surface area contributed by atoms with Crippen molar-refractivity contribution in [1.82, 2.24) is 4.90 Å². The Hall–Kier alpha value is -2.36. The summed E-state index contributed by atoms with van der Waals surface area (Å²) in [5.41, 5.74) is 7.96. The van der Waals surface area contributed by atoms with E-state index < -0.39 is 11.6 Å². The Morgan fingerprint density at radius 2 is 2.05 bits per heavy atom. The molecule has 0 amide bonds. The van der Waals surface area contributed by atoms with Crippen LogP contribution in [-0.2, 0) is 0 Å². The van der Waals surface area contributed by atoms with Crippen molar-refractivity contribution in [3.8, 4) is 0 Å². The minimum atomic E-state index is -0.738. The molecule has 0 aromatic heterocycles. The molecule has 0 radical (unpaired) electrons. The number of benzene rings is 1. The average Bonchev–Trinajstić information content (AvgIpc) is 2.51. The zero-order valence-corrected chi connectivity index (χ0v) is 12.9. The number of rotatable bonds is 4. The fourth-order valence-electron chi connectivity index (χ4n) is 2.52. The second-order valence-electron chi connectivity index (χ2n) is 5.25. The lowest BCUT2D eigenvalue weighted by Gasteiger charge is -2.25. The fourth-order valence-corrected chi connectivity index (χ4v) is 2.52. The van der Waals surface area contributed by atoms with Crippen molar-refractivity contribution >= 4 is 11.3 Å². The van der Waals surface area contributed by atoms with E-state index in [-0.39, 0.29) is 11.3 Å². The fraction of sp³-hybridized carbons (Fsp3) is 0.222. The van der Waals surface area contributed by atoms with Crippen LogP contribution >= 0.6 is 0 Å². The number of hydrogen-bond donors (Lipinski definition) is 1. The van der Waals surface area contributed by atoms with Gasteiger partial charge in [0.2, 0.25) is 0 Å². The first-order valence-corrected chi connectivity index (χ1v) is 7.24. The minimum absolute atomic E-state index is 0.0700. The maximum absolute atomic E-state index is 14.2. The van der Waals surface area contributed by atoms with E-state index in [0.29, 0.717) is 5.57 Å². The standard InChI is InChI=1S/C18H20F2N2/c1-4-6-12(3)16-10-7-13(11-22(16)5-2)17-14(19)8-9-15(21)18(17)20/h5,7-11H,2,4,6,21H2,1,3H3/b16-12-. The van der Waals surface area contributed by atoms with Gasteiger partial charge in [-0.3, -0.25) is 0 Å². The Kier molecular flexibility index (Phi) is 4.81. The largest absolute Gasteiger partial charge is 0.396 e. The second kappa shape index (κ2) is 6.60. The quantitative estimate of drug-likeness (QED) is 0.795. The minimum Gasteiger partial charge on any atom is -0.396 e. The highest BCUT2D eigenvalue weighted by atomic mass is 19.1. The summed E-state index contributed by atoms with van der Waals surface area (Å²) in [5, 5.41) is 0. The molecular weight excluding hydrogens is 282 g/mol. The molecule has 1 aromatic carbocycles. The molecule has 1 aliphatic rings. The molecule has 4 heteroatoms. The molecule has 0 bridgehead atoms. The molecule has 1 aliphatic heterocycles. The molecule has 0 spiro atoms. The first kappa shape index (κ1) is 16.0. The van der Waals surface area contributed by atoms with Gasteiger partial charge in [-0.05, 0) is 37.1 Å². The number of nitrogens with zero attached hydrogens (tertiary/aromatic N) is 1. The van der Waals surface area contributed by atoms with Crippen LogP contribution in [0.15, 0.2) is 54.5 Å². The summed E-state index contributed by atoms with van der Waals surface area (Å²) in [6.45, 7) is 7.92. The average molecular weight is 302 g/mol. The van der Waals surface area contributed by atoms with Crippen molar-refractivity contribution in [2.45, 2.75) is 26.7 Å². The first-order chi connectivity index (χ1) is 10.5. The molecule has 116 valence electrons. The number of nitrogen functional groups attached to an aromatic ring is 1. The van der Waals surface area contributed by atoms with E-state index in [9.17, 15) is 8.78 Å². The van der Waals surface area contributed by atoms with Crippen molar-refractivity contribution in [3.63, 3.8) is 0 Å². The van der Waals surface area contributed by atoms with Crippen molar-refractivity contribution in [1.29, 1.82) is 0 Å². The van der Waals surface area contributed by atoms with Crippen LogP contribution in [0, 0.1) is 11.6 Å². The molecule has 0 fully saturated rings. The van der Waals surface area contributed by atoms with Crippen LogP contribution in [-0.4, -0.2) is 4.90 Å². The predicted octanol–water partition coefficient (Wildman–Crippen LogP) is 4.98. The van der Waals surface area contributed by atoms with Crippen LogP contribution in [0.5, 0.6) is 0 Å². The molecule has 0 unspecified atom stereocenters. The highest BCUT2D eigenvalue weighted by Gasteiger charge is 2.19. The summed E-state index contributed by atoms with van der Waals surface area (Å²) in [4.78, 5) is 1.78. The van der Waals surface area contributed by atoms with Gasteiger partial charge in [-0.25, -0.2) is 8.78 Å². The molecule has 2 nitrogen and oxygen atoms in total. The molecule has 0 aliphatic carbocycles. The van der Waals surface area contributed by atoms with Gasteiger partial charge in [0, 0.05) is 23.7 Å². The van der Waals surface area contributed by atoms with Crippen LogP contribution in [0.1, 0.15) is 32.3 Å². The number of nitrogens with two attached hydrogens (primary N) is 1. The summed E-state index contributed by atoms with van der Waals surface area (Å²) in [6, 6.07) is 2.40. The molecule has 2 N–H and O–H groups in total. The van der Waals surface area contributed by atoms with Crippen LogP contribution in [0.3, 0.4) is 0 Å². The van der Waals surface area contributed by atoms with Gasteiger partial charge in [0.1, 0.15) is 5.82 Å². The van der Waals surface area contributed by atoms with Crippen molar-refractivity contribution in [3.05, 3.63) is 71.7 Å². The molecule has 0 saturated carbocycles. The molecule has 1 aromatic rings. The summed E-state index contributed by atoms with van der Waals surface area (Å²) < 4.78 is 28.2. The smallest absolute Gasteiger partial charge is 0.156 e. The summed E-state index contributed by atoms with van der Waals surface area (Å²) in [7, 11) is 0. The van der Waals surface area contributed by atoms with Gasteiger partial charge in [0.15, 0.2) is 5.82 Å². The molecule has 22 heavy (non-hydrogen) atoms. The van der Waals surface area contributed by atoms with E-state index in [1.807, 2.05) is 13.0 Å². The number of allylic oxidation sites excluding steroid dienone is 4. The van der Waals surface area contributed by atoms with Crippen LogP contribution in [0.25, 0.3) is 5.57 Å². The van der Waals surface area contributed by atoms with E-state index in [4.69, 9.17) is 5.73 Å². The van der Waals surface area contributed by atoms with Crippen molar-refractivity contribution in [2.75, 3.05) is 5.73 Å². The van der Waals surface area contributed by atoms with E-state index in [2.05, 4.69) is 13.5 Å². The Morgan fingerprint density at radius 3 is 2.68 bits per heavy atom. The van der Waals surface area contributed by atoms with E-state index >= 15 is 0 Å². The highest BCUT2D eigenvalue weighted by Crippen LogP contribution is 2.32. The van der Waals surface area contributed by atoms with Crippen LogP contribution < -0.4 is 5.73 Å². The summed E-state index contributed by atoms with van der Waals surface area (Å²) in [6.07, 6.45) is 8.83. The van der Waals surface area contributed by atoms with Gasteiger partial charge in [0.25, 0.3) is 0 Å². The maximum atomic E-state index is 14.2. The Balaban J connectivity index is 2.49. The third-order valence-electron chi connectivity index (χ3n) is 3.65. The molecule has 0 saturated heterocycles. The lowest BCUT2D eigenvalue weighted by molar-refractivity contribution is 0.577. The van der Waals surface area contributed by atoms with Crippen LogP contribution in [0.2, 0.25) is 0 Å². The molecular formula is C18H20F2N2. The van der Waals surface area contributed by atoms with Gasteiger partial charge < -0.3 is 10.6 Å². The van der Waals surface area contributed by atoms with Crippen LogP contribution in [0.4, 0.5) is 14.5 Å². The normalized spacial score (nSPS) is 16.5. The Labute approximate surface area is 129 Å². The van der Waals surface area contributed by atoms with E-state index in [1.165, 1.54) is 17.7 Å². The van der Waals surface area contributed by atoms with Gasteiger partial charge in [-0.2, -0.15) is 0 Å². The number of halogens is 2. The van der Waals surface area contributed by atoms with Crippen molar-refractivity contribution in [2.24, 2.45) is 0 Å². The third kappa shape index (κ3) is 2.96.